The number of aliphatic hydroxyl groups excluding tert-OH is 1. The molecule has 0 unspecified atom stereocenters. The quantitative estimate of drug-likeness (QED) is 0.238. The number of hydrogen-bond donors (Lipinski definition) is 2. The van der Waals surface area contributed by atoms with Crippen molar-refractivity contribution in [1.82, 2.24) is 14.9 Å². The zero-order valence-corrected chi connectivity index (χ0v) is 25.2. The van der Waals surface area contributed by atoms with Crippen molar-refractivity contribution in [3.05, 3.63) is 112 Å². The Morgan fingerprint density at radius 2 is 1.83 bits per heavy atom. The molecule has 1 aromatic heterocycles. The fourth-order valence-electron chi connectivity index (χ4n) is 4.55. The second-order valence-electron chi connectivity index (χ2n) is 10.4. The van der Waals surface area contributed by atoms with E-state index in [1.165, 1.54) is 11.6 Å². The van der Waals surface area contributed by atoms with Gasteiger partial charge in [0.25, 0.3) is 0 Å². The van der Waals surface area contributed by atoms with E-state index in [1.54, 1.807) is 19.2 Å². The smallest absolute Gasteiger partial charge is 0.132 e. The van der Waals surface area contributed by atoms with Gasteiger partial charge in [-0.05, 0) is 61.4 Å². The van der Waals surface area contributed by atoms with E-state index in [9.17, 15) is 9.50 Å². The second-order valence-corrected chi connectivity index (χ2v) is 10.8. The van der Waals surface area contributed by atoms with Crippen LogP contribution in [-0.4, -0.2) is 59.4 Å². The highest BCUT2D eigenvalue weighted by Crippen LogP contribution is 2.29. The van der Waals surface area contributed by atoms with Crippen LogP contribution in [0, 0.1) is 12.7 Å². The van der Waals surface area contributed by atoms with E-state index in [0.29, 0.717) is 42.0 Å². The lowest BCUT2D eigenvalue weighted by atomic mass is 10.00. The molecule has 5 rings (SSSR count). The summed E-state index contributed by atoms with van der Waals surface area (Å²) in [6.45, 7) is 8.05. The molecular formula is C33H38ClFN4O3. The number of benzene rings is 3. The molecule has 4 aromatic rings. The highest BCUT2D eigenvalue weighted by Gasteiger charge is 2.22. The summed E-state index contributed by atoms with van der Waals surface area (Å²) in [5.41, 5.74) is 5.01. The van der Waals surface area contributed by atoms with Crippen LogP contribution in [0.2, 0.25) is 5.02 Å². The highest BCUT2D eigenvalue weighted by atomic mass is 35.5. The number of methoxy groups -OCH3 is 1. The maximum atomic E-state index is 14.3. The van der Waals surface area contributed by atoms with Gasteiger partial charge in [-0.15, -0.1) is 0 Å². The SMILES string of the molecule is COCCc1ccc(OC[C@@H](O)CNC(C)C)cc1.Cc1ncc2n1-c1ccc(Cl)cc1C(c1ccccc1F)=NC2. The molecule has 1 atom stereocenters. The number of nitrogens with one attached hydrogen (secondary N) is 1. The Labute approximate surface area is 252 Å². The van der Waals surface area contributed by atoms with Crippen molar-refractivity contribution in [3.63, 3.8) is 0 Å². The largest absolute Gasteiger partial charge is 0.491 e. The Kier molecular flexibility index (Phi) is 11.3. The summed E-state index contributed by atoms with van der Waals surface area (Å²) in [6.07, 6.45) is 2.22. The number of rotatable bonds is 10. The molecule has 1 aliphatic rings. The average molecular weight is 593 g/mol. The van der Waals surface area contributed by atoms with Gasteiger partial charge in [0.05, 0.1) is 36.4 Å². The van der Waals surface area contributed by atoms with Crippen LogP contribution in [0.3, 0.4) is 0 Å². The van der Waals surface area contributed by atoms with Crippen LogP contribution in [0.25, 0.3) is 5.69 Å². The lowest BCUT2D eigenvalue weighted by molar-refractivity contribution is 0.104. The van der Waals surface area contributed by atoms with Gasteiger partial charge in [0.2, 0.25) is 0 Å². The van der Waals surface area contributed by atoms with Gasteiger partial charge < -0.3 is 19.9 Å². The zero-order valence-electron chi connectivity index (χ0n) is 24.5. The number of aryl methyl sites for hydroxylation is 1. The molecule has 0 radical (unpaired) electrons. The first-order valence-electron chi connectivity index (χ1n) is 14.0. The molecule has 9 heteroatoms. The van der Waals surface area contributed by atoms with Crippen LogP contribution in [-0.2, 0) is 17.7 Å². The van der Waals surface area contributed by atoms with Crippen molar-refractivity contribution in [3.8, 4) is 11.4 Å². The minimum absolute atomic E-state index is 0.293. The molecule has 0 amide bonds. The van der Waals surface area contributed by atoms with Gasteiger partial charge in [-0.2, -0.15) is 0 Å². The number of aliphatic imine (C=N–C) groups is 1. The standard InChI is InChI=1S/C18H13ClFN3.C15H25NO3/c1-11-21-9-13-10-22-18(14-4-2-3-5-16(14)20)15-8-12(19)6-7-17(15)23(11)13;1-12(2)16-10-14(17)11-19-15-6-4-13(5-7-15)8-9-18-3/h2-9H,10H2,1H3;4-7,12,14,16-17H,8-11H2,1-3H3/t;14-/m.0/s1. The lowest BCUT2D eigenvalue weighted by Crippen LogP contribution is -2.35. The molecule has 0 saturated heterocycles. The maximum absolute atomic E-state index is 14.3. The van der Waals surface area contributed by atoms with Crippen molar-refractivity contribution < 1.29 is 19.0 Å². The first kappa shape index (κ1) is 31.4. The maximum Gasteiger partial charge on any atom is 0.132 e. The molecule has 0 saturated carbocycles. The van der Waals surface area contributed by atoms with E-state index >= 15 is 0 Å². The molecule has 42 heavy (non-hydrogen) atoms. The zero-order chi connectivity index (χ0) is 30.1. The number of hydrogen-bond acceptors (Lipinski definition) is 6. The Morgan fingerprint density at radius 1 is 1.07 bits per heavy atom. The summed E-state index contributed by atoms with van der Waals surface area (Å²) in [5, 5.41) is 13.5. The van der Waals surface area contributed by atoms with Gasteiger partial charge in [-0.1, -0.05) is 49.7 Å². The van der Waals surface area contributed by atoms with Crippen LogP contribution in [0.1, 0.15) is 42.1 Å². The van der Waals surface area contributed by atoms with Crippen LogP contribution < -0.4 is 10.1 Å². The number of fused-ring (bicyclic) bond motifs is 3. The fourth-order valence-corrected chi connectivity index (χ4v) is 4.72. The van der Waals surface area contributed by atoms with Crippen molar-refractivity contribution in [2.24, 2.45) is 4.99 Å². The van der Waals surface area contributed by atoms with Crippen LogP contribution in [0.15, 0.2) is 77.9 Å². The molecule has 3 aromatic carbocycles. The van der Waals surface area contributed by atoms with Crippen molar-refractivity contribution in [1.29, 1.82) is 0 Å². The summed E-state index contributed by atoms with van der Waals surface area (Å²) in [6, 6.07) is 20.5. The number of aromatic nitrogens is 2. The van der Waals surface area contributed by atoms with Crippen LogP contribution in [0.5, 0.6) is 5.75 Å². The molecule has 0 bridgehead atoms. The monoisotopic (exact) mass is 592 g/mol. The molecule has 222 valence electrons. The van der Waals surface area contributed by atoms with Crippen molar-refractivity contribution in [2.45, 2.75) is 45.9 Å². The Balaban J connectivity index is 0.000000198. The fraction of sp³-hybridized carbons (Fsp3) is 0.333. The number of nitrogens with zero attached hydrogens (tertiary/aromatic N) is 3. The van der Waals surface area contributed by atoms with Crippen molar-refractivity contribution in [2.75, 3.05) is 26.9 Å². The molecule has 0 fully saturated rings. The number of imidazole rings is 1. The summed E-state index contributed by atoms with van der Waals surface area (Å²) < 4.78 is 26.9. The minimum Gasteiger partial charge on any atom is -0.491 e. The highest BCUT2D eigenvalue weighted by molar-refractivity contribution is 6.31. The first-order chi connectivity index (χ1) is 20.3. The first-order valence-corrected chi connectivity index (χ1v) is 14.4. The number of ether oxygens (including phenoxy) is 2. The Bertz CT molecular complexity index is 1490. The summed E-state index contributed by atoms with van der Waals surface area (Å²) in [4.78, 5) is 9.01. The van der Waals surface area contributed by atoms with Crippen molar-refractivity contribution >= 4 is 17.3 Å². The second kappa shape index (κ2) is 15.1. The number of halogens is 2. The topological polar surface area (TPSA) is 80.9 Å². The summed E-state index contributed by atoms with van der Waals surface area (Å²) >= 11 is 6.19. The normalized spacial score (nSPS) is 12.9. The summed E-state index contributed by atoms with van der Waals surface area (Å²) in [5.74, 6) is 1.36. The predicted octanol–water partition coefficient (Wildman–Crippen LogP) is 5.94. The lowest BCUT2D eigenvalue weighted by Gasteiger charge is -2.15. The molecule has 7 nitrogen and oxygen atoms in total. The third kappa shape index (κ3) is 8.26. The average Bonchev–Trinajstić information content (AvgIpc) is 3.27. The third-order valence-electron chi connectivity index (χ3n) is 6.72. The van der Waals surface area contributed by atoms with E-state index in [1.807, 2.05) is 80.1 Å². The number of aliphatic hydroxyl groups is 1. The van der Waals surface area contributed by atoms with Gasteiger partial charge in [-0.3, -0.25) is 9.56 Å². The molecule has 2 heterocycles. The van der Waals surface area contributed by atoms with Gasteiger partial charge in [-0.25, -0.2) is 9.37 Å². The van der Waals surface area contributed by atoms with Crippen LogP contribution >= 0.6 is 11.6 Å². The van der Waals surface area contributed by atoms with Gasteiger partial charge in [0, 0.05) is 35.8 Å². The van der Waals surface area contributed by atoms with E-state index in [-0.39, 0.29) is 5.82 Å². The third-order valence-corrected chi connectivity index (χ3v) is 6.95. The Morgan fingerprint density at radius 3 is 2.55 bits per heavy atom. The molecule has 0 spiro atoms. The van der Waals surface area contributed by atoms with Crippen LogP contribution in [0.4, 0.5) is 4.39 Å². The van der Waals surface area contributed by atoms with Gasteiger partial charge in [0.1, 0.15) is 30.1 Å². The minimum atomic E-state index is -0.490. The van der Waals surface area contributed by atoms with Gasteiger partial charge >= 0.3 is 0 Å². The molecular weight excluding hydrogens is 555 g/mol. The molecule has 0 aliphatic carbocycles. The molecule has 2 N–H and O–H groups in total. The van der Waals surface area contributed by atoms with Gasteiger partial charge in [0.15, 0.2) is 0 Å². The van der Waals surface area contributed by atoms with E-state index in [0.717, 1.165) is 41.5 Å². The predicted molar refractivity (Wildman–Crippen MR) is 166 cm³/mol. The van der Waals surface area contributed by atoms with E-state index in [2.05, 4.69) is 15.3 Å². The van der Waals surface area contributed by atoms with E-state index < -0.39 is 6.10 Å². The van der Waals surface area contributed by atoms with E-state index in [4.69, 9.17) is 21.1 Å². The summed E-state index contributed by atoms with van der Waals surface area (Å²) in [7, 11) is 1.70. The molecule has 1 aliphatic heterocycles. The Hall–Kier alpha value is -3.56.